The fraction of sp³-hybridized carbons (Fsp3) is 0.0625. The molecule has 1 heterocycles. The molecular weight excluding hydrogens is 356 g/mol. The van der Waals surface area contributed by atoms with Gasteiger partial charge in [0, 0.05) is 26.5 Å². The highest BCUT2D eigenvalue weighted by Gasteiger charge is 2.07. The van der Waals surface area contributed by atoms with Crippen molar-refractivity contribution >= 4 is 38.5 Å². The van der Waals surface area contributed by atoms with Gasteiger partial charge in [-0.3, -0.25) is 0 Å². The maximum Gasteiger partial charge on any atom is 0.336 e. The highest BCUT2D eigenvalue weighted by molar-refractivity contribution is 9.10. The zero-order chi connectivity index (χ0) is 14.8. The lowest BCUT2D eigenvalue weighted by molar-refractivity contribution is 0.306. The molecule has 0 aliphatic heterocycles. The predicted molar refractivity (Wildman–Crippen MR) is 86.0 cm³/mol. The standard InChI is InChI=1S/C16H10BrClO3/c17-11-1-6-14-10(7-16(19)21-15(14)8-11)9-20-13-4-2-12(18)3-5-13/h1-8H,9H2. The van der Waals surface area contributed by atoms with Gasteiger partial charge in [-0.2, -0.15) is 0 Å². The highest BCUT2D eigenvalue weighted by atomic mass is 79.9. The lowest BCUT2D eigenvalue weighted by Gasteiger charge is -2.08. The molecule has 0 aliphatic carbocycles. The Morgan fingerprint density at radius 2 is 1.86 bits per heavy atom. The van der Waals surface area contributed by atoms with Crippen LogP contribution in [0.15, 0.2) is 62.2 Å². The van der Waals surface area contributed by atoms with Crippen molar-refractivity contribution in [3.05, 3.63) is 74.0 Å². The van der Waals surface area contributed by atoms with E-state index in [4.69, 9.17) is 20.8 Å². The van der Waals surface area contributed by atoms with Crippen LogP contribution in [0.2, 0.25) is 5.02 Å². The van der Waals surface area contributed by atoms with Crippen LogP contribution in [0.5, 0.6) is 5.75 Å². The van der Waals surface area contributed by atoms with Gasteiger partial charge in [0.2, 0.25) is 0 Å². The molecule has 0 fully saturated rings. The zero-order valence-electron chi connectivity index (χ0n) is 10.8. The van der Waals surface area contributed by atoms with Gasteiger partial charge in [0.15, 0.2) is 0 Å². The first-order chi connectivity index (χ1) is 10.1. The van der Waals surface area contributed by atoms with Gasteiger partial charge >= 0.3 is 5.63 Å². The van der Waals surface area contributed by atoms with E-state index < -0.39 is 5.63 Å². The molecule has 0 saturated carbocycles. The first-order valence-electron chi connectivity index (χ1n) is 6.22. The zero-order valence-corrected chi connectivity index (χ0v) is 13.1. The fourth-order valence-corrected chi connectivity index (χ4v) is 2.48. The SMILES string of the molecule is O=c1cc(COc2ccc(Cl)cc2)c2ccc(Br)cc2o1. The van der Waals surface area contributed by atoms with Gasteiger partial charge in [-0.15, -0.1) is 0 Å². The van der Waals surface area contributed by atoms with Gasteiger partial charge in [-0.25, -0.2) is 4.79 Å². The largest absolute Gasteiger partial charge is 0.489 e. The Hall–Kier alpha value is -1.78. The van der Waals surface area contributed by atoms with E-state index in [1.54, 1.807) is 30.3 Å². The Morgan fingerprint density at radius 3 is 2.62 bits per heavy atom. The third-order valence-electron chi connectivity index (χ3n) is 3.00. The predicted octanol–water partition coefficient (Wildman–Crippen LogP) is 4.79. The summed E-state index contributed by atoms with van der Waals surface area (Å²) in [7, 11) is 0. The van der Waals surface area contributed by atoms with Crippen LogP contribution in [-0.4, -0.2) is 0 Å². The maximum atomic E-state index is 11.6. The molecule has 106 valence electrons. The van der Waals surface area contributed by atoms with Crippen LogP contribution < -0.4 is 10.4 Å². The van der Waals surface area contributed by atoms with Gasteiger partial charge in [-0.05, 0) is 42.5 Å². The van der Waals surface area contributed by atoms with Crippen LogP contribution in [0.4, 0.5) is 0 Å². The van der Waals surface area contributed by atoms with Crippen LogP contribution in [0, 0.1) is 0 Å². The minimum atomic E-state index is -0.393. The summed E-state index contributed by atoms with van der Waals surface area (Å²) in [6, 6.07) is 14.1. The second-order valence-electron chi connectivity index (χ2n) is 4.47. The summed E-state index contributed by atoms with van der Waals surface area (Å²) in [6.45, 7) is 0.283. The monoisotopic (exact) mass is 364 g/mol. The minimum Gasteiger partial charge on any atom is -0.489 e. The summed E-state index contributed by atoms with van der Waals surface area (Å²) in [5, 5.41) is 1.50. The molecule has 0 unspecified atom stereocenters. The Balaban J connectivity index is 1.93. The van der Waals surface area contributed by atoms with Crippen molar-refractivity contribution in [2.75, 3.05) is 0 Å². The summed E-state index contributed by atoms with van der Waals surface area (Å²) in [6.07, 6.45) is 0. The van der Waals surface area contributed by atoms with Crippen molar-refractivity contribution in [1.29, 1.82) is 0 Å². The maximum absolute atomic E-state index is 11.6. The first-order valence-corrected chi connectivity index (χ1v) is 7.39. The summed E-state index contributed by atoms with van der Waals surface area (Å²) in [5.41, 5.74) is 0.922. The lowest BCUT2D eigenvalue weighted by atomic mass is 10.1. The van der Waals surface area contributed by atoms with E-state index >= 15 is 0 Å². The molecule has 0 aliphatic rings. The number of ether oxygens (including phenoxy) is 1. The van der Waals surface area contributed by atoms with Crippen molar-refractivity contribution < 1.29 is 9.15 Å². The molecule has 3 nitrogen and oxygen atoms in total. The molecule has 21 heavy (non-hydrogen) atoms. The Labute approximate surface area is 134 Å². The van der Waals surface area contributed by atoms with E-state index in [9.17, 15) is 4.79 Å². The second-order valence-corrected chi connectivity index (χ2v) is 5.83. The Kier molecular flexibility index (Phi) is 3.99. The van der Waals surface area contributed by atoms with Crippen LogP contribution in [0.1, 0.15) is 5.56 Å². The topological polar surface area (TPSA) is 39.4 Å². The van der Waals surface area contributed by atoms with Crippen molar-refractivity contribution in [2.24, 2.45) is 0 Å². The van der Waals surface area contributed by atoms with Crippen LogP contribution in [-0.2, 0) is 6.61 Å². The van der Waals surface area contributed by atoms with Crippen LogP contribution >= 0.6 is 27.5 Å². The minimum absolute atomic E-state index is 0.283. The summed E-state index contributed by atoms with van der Waals surface area (Å²) >= 11 is 9.19. The number of halogens is 2. The van der Waals surface area contributed by atoms with Gasteiger partial charge in [0.05, 0.1) is 0 Å². The molecule has 1 aromatic heterocycles. The molecule has 0 bridgehead atoms. The lowest BCUT2D eigenvalue weighted by Crippen LogP contribution is -2.04. The summed E-state index contributed by atoms with van der Waals surface area (Å²) < 4.78 is 11.7. The van der Waals surface area contributed by atoms with Gasteiger partial charge < -0.3 is 9.15 Å². The van der Waals surface area contributed by atoms with Crippen LogP contribution in [0.3, 0.4) is 0 Å². The number of hydrogen-bond donors (Lipinski definition) is 0. The third-order valence-corrected chi connectivity index (χ3v) is 3.75. The van der Waals surface area contributed by atoms with Crippen molar-refractivity contribution in [3.63, 3.8) is 0 Å². The number of hydrogen-bond acceptors (Lipinski definition) is 3. The molecule has 0 amide bonds. The number of fused-ring (bicyclic) bond motifs is 1. The average molecular weight is 366 g/mol. The third kappa shape index (κ3) is 3.28. The molecular formula is C16H10BrClO3. The van der Waals surface area contributed by atoms with E-state index in [1.165, 1.54) is 6.07 Å². The van der Waals surface area contributed by atoms with Gasteiger partial charge in [0.1, 0.15) is 17.9 Å². The Bertz CT molecular complexity index is 840. The molecule has 0 N–H and O–H groups in total. The molecule has 5 heteroatoms. The first kappa shape index (κ1) is 14.2. The van der Waals surface area contributed by atoms with E-state index in [0.717, 1.165) is 15.4 Å². The van der Waals surface area contributed by atoms with Crippen molar-refractivity contribution in [2.45, 2.75) is 6.61 Å². The highest BCUT2D eigenvalue weighted by Crippen LogP contribution is 2.23. The fourth-order valence-electron chi connectivity index (χ4n) is 2.02. The van der Waals surface area contributed by atoms with E-state index in [-0.39, 0.29) is 6.61 Å². The normalized spacial score (nSPS) is 10.8. The second kappa shape index (κ2) is 5.92. The van der Waals surface area contributed by atoms with E-state index in [2.05, 4.69) is 15.9 Å². The smallest absolute Gasteiger partial charge is 0.336 e. The summed E-state index contributed by atoms with van der Waals surface area (Å²) in [5.74, 6) is 0.693. The van der Waals surface area contributed by atoms with Gasteiger partial charge in [0.25, 0.3) is 0 Å². The molecule has 0 saturated heterocycles. The van der Waals surface area contributed by atoms with E-state index in [1.807, 2.05) is 12.1 Å². The van der Waals surface area contributed by atoms with Crippen LogP contribution in [0.25, 0.3) is 11.0 Å². The molecule has 3 aromatic rings. The Morgan fingerprint density at radius 1 is 1.10 bits per heavy atom. The summed E-state index contributed by atoms with van der Waals surface area (Å²) in [4.78, 5) is 11.6. The molecule has 3 rings (SSSR count). The molecule has 2 aromatic carbocycles. The molecule has 0 radical (unpaired) electrons. The van der Waals surface area contributed by atoms with E-state index in [0.29, 0.717) is 16.4 Å². The number of benzene rings is 2. The number of rotatable bonds is 3. The van der Waals surface area contributed by atoms with Crippen molar-refractivity contribution in [1.82, 2.24) is 0 Å². The molecule has 0 atom stereocenters. The quantitative estimate of drug-likeness (QED) is 0.627. The van der Waals surface area contributed by atoms with Crippen molar-refractivity contribution in [3.8, 4) is 5.75 Å². The molecule has 0 spiro atoms. The average Bonchev–Trinajstić information content (AvgIpc) is 2.45. The van der Waals surface area contributed by atoms with Gasteiger partial charge in [-0.1, -0.05) is 27.5 Å².